The van der Waals surface area contributed by atoms with Crippen LogP contribution < -0.4 is 0 Å². The normalized spacial score (nSPS) is 32.1. The minimum Gasteiger partial charge on any atom is -0.455 e. The van der Waals surface area contributed by atoms with Gasteiger partial charge in [-0.1, -0.05) is 26.3 Å². The number of ether oxygens (including phenoxy) is 4. The molecule has 8 atom stereocenters. The van der Waals surface area contributed by atoms with Crippen LogP contribution in [0.5, 0.6) is 0 Å². The third kappa shape index (κ3) is 9.03. The largest absolute Gasteiger partial charge is 0.455 e. The predicted molar refractivity (Wildman–Crippen MR) is 168 cm³/mol. The summed E-state index contributed by atoms with van der Waals surface area (Å²) in [5.74, 6) is -2.24. The third-order valence-corrected chi connectivity index (χ3v) is 8.55. The van der Waals surface area contributed by atoms with Crippen molar-refractivity contribution in [2.45, 2.75) is 104 Å². The molecule has 0 aromatic carbocycles. The highest BCUT2D eigenvalue weighted by Gasteiger charge is 2.33. The Bertz CT molecular complexity index is 977. The second-order valence-corrected chi connectivity index (χ2v) is 11.4. The summed E-state index contributed by atoms with van der Waals surface area (Å²) in [7, 11) is 6.58. The molecule has 12 nitrogen and oxygen atoms in total. The highest BCUT2D eigenvalue weighted by molar-refractivity contribution is 5.78. The molecule has 0 N–H and O–H groups in total. The summed E-state index contributed by atoms with van der Waals surface area (Å²) in [4.78, 5) is 58.5. The SMILES string of the molecule is C=C1C(C)OC(=O)C(C)N(C)C(=C)C(C)OC(=O)C(C)N(C)C(=C)C(C)OC(=O)C(C)N(C)C(=C)C(C)OC(=O)C(C)N1C. The third-order valence-electron chi connectivity index (χ3n) is 8.55. The first kappa shape index (κ1) is 38.1. The summed E-state index contributed by atoms with van der Waals surface area (Å²) < 4.78 is 22.7. The maximum absolute atomic E-state index is 13.0. The first-order valence-electron chi connectivity index (χ1n) is 14.6. The zero-order valence-corrected chi connectivity index (χ0v) is 28.5. The number of carbonyl (C=O) groups is 4. The molecule has 1 rings (SSSR count). The zero-order valence-electron chi connectivity index (χ0n) is 28.5. The van der Waals surface area contributed by atoms with Gasteiger partial charge in [-0.15, -0.1) is 0 Å². The van der Waals surface area contributed by atoms with E-state index in [1.165, 1.54) is 0 Å². The molecule has 0 bridgehead atoms. The van der Waals surface area contributed by atoms with Gasteiger partial charge < -0.3 is 38.5 Å². The molecule has 1 fully saturated rings. The number of likely N-dealkylation sites (N-methyl/N-ethyl adjacent to an activating group) is 4. The van der Waals surface area contributed by atoms with Crippen molar-refractivity contribution in [3.63, 3.8) is 0 Å². The highest BCUT2D eigenvalue weighted by Crippen LogP contribution is 2.21. The Morgan fingerprint density at radius 1 is 0.386 bits per heavy atom. The van der Waals surface area contributed by atoms with Gasteiger partial charge in [-0.3, -0.25) is 0 Å². The second kappa shape index (κ2) is 15.7. The first-order chi connectivity index (χ1) is 20.1. The van der Waals surface area contributed by atoms with Gasteiger partial charge in [-0.25, -0.2) is 19.2 Å². The number of nitrogens with zero attached hydrogens (tertiary/aromatic N) is 4. The Labute approximate surface area is 262 Å². The van der Waals surface area contributed by atoms with Crippen LogP contribution in [0.25, 0.3) is 0 Å². The molecule has 248 valence electrons. The lowest BCUT2D eigenvalue weighted by atomic mass is 10.2. The molecular formula is C32H52N4O8. The van der Waals surface area contributed by atoms with Crippen LogP contribution in [-0.2, 0) is 38.1 Å². The Kier molecular flexibility index (Phi) is 13.6. The molecule has 1 aliphatic rings. The summed E-state index contributed by atoms with van der Waals surface area (Å²) >= 11 is 0. The van der Waals surface area contributed by atoms with E-state index in [1.807, 2.05) is 0 Å². The van der Waals surface area contributed by atoms with E-state index in [2.05, 4.69) is 26.3 Å². The monoisotopic (exact) mass is 620 g/mol. The summed E-state index contributed by atoms with van der Waals surface area (Å²) in [5, 5.41) is 0. The summed E-state index contributed by atoms with van der Waals surface area (Å²) in [6.07, 6.45) is -3.09. The molecule has 8 unspecified atom stereocenters. The number of hydrogen-bond donors (Lipinski definition) is 0. The molecule has 0 radical (unpaired) electrons. The standard InChI is InChI=1S/C32H52N4O8/c1-17-25(9)41-30(38)22(6)34(14)19(3)27(11)43-32(40)24(8)36(16)20(4)28(12)44-31(39)23(7)35(15)18(2)26(10)42-29(37)21(5)33(17)13/h21-28H,1-4H2,5-16H3. The van der Waals surface area contributed by atoms with E-state index in [9.17, 15) is 19.2 Å². The first-order valence-corrected chi connectivity index (χ1v) is 14.6. The molecule has 1 saturated heterocycles. The molecule has 0 aromatic rings. The molecule has 1 heterocycles. The van der Waals surface area contributed by atoms with E-state index in [0.29, 0.717) is 22.8 Å². The quantitative estimate of drug-likeness (QED) is 0.293. The van der Waals surface area contributed by atoms with Gasteiger partial charge >= 0.3 is 23.9 Å². The summed E-state index contributed by atoms with van der Waals surface area (Å²) in [5.41, 5.74) is 1.51. The fourth-order valence-corrected chi connectivity index (χ4v) is 4.14. The summed E-state index contributed by atoms with van der Waals surface area (Å²) in [6.45, 7) is 29.2. The predicted octanol–water partition coefficient (Wildman–Crippen LogP) is 3.06. The van der Waals surface area contributed by atoms with Crippen molar-refractivity contribution < 1.29 is 38.1 Å². The van der Waals surface area contributed by atoms with Crippen LogP contribution in [0.3, 0.4) is 0 Å². The maximum Gasteiger partial charge on any atom is 0.329 e. The Hall–Kier alpha value is -3.96. The average molecular weight is 621 g/mol. The van der Waals surface area contributed by atoms with Gasteiger partial charge in [0.15, 0.2) is 0 Å². The fraction of sp³-hybridized carbons (Fsp3) is 0.625. The van der Waals surface area contributed by atoms with Crippen molar-refractivity contribution in [3.05, 3.63) is 49.1 Å². The number of cyclic esters (lactones) is 4. The van der Waals surface area contributed by atoms with Gasteiger partial charge in [0.25, 0.3) is 0 Å². The number of esters is 4. The molecule has 0 spiro atoms. The van der Waals surface area contributed by atoms with Gasteiger partial charge in [0.2, 0.25) is 0 Å². The summed E-state index contributed by atoms with van der Waals surface area (Å²) in [6, 6.07) is -3.12. The second-order valence-electron chi connectivity index (χ2n) is 11.4. The van der Waals surface area contributed by atoms with E-state index in [4.69, 9.17) is 18.9 Å². The lowest BCUT2D eigenvalue weighted by molar-refractivity contribution is -0.154. The van der Waals surface area contributed by atoms with Crippen molar-refractivity contribution in [1.82, 2.24) is 19.6 Å². The van der Waals surface area contributed by atoms with Crippen molar-refractivity contribution in [1.29, 1.82) is 0 Å². The fourth-order valence-electron chi connectivity index (χ4n) is 4.14. The number of carbonyl (C=O) groups excluding carboxylic acids is 4. The molecule has 12 heteroatoms. The van der Waals surface area contributed by atoms with E-state index in [0.717, 1.165) is 0 Å². The number of hydrogen-bond acceptors (Lipinski definition) is 12. The Morgan fingerprint density at radius 2 is 0.523 bits per heavy atom. The molecule has 0 saturated carbocycles. The number of rotatable bonds is 0. The van der Waals surface area contributed by atoms with Crippen LogP contribution in [0.2, 0.25) is 0 Å². The highest BCUT2D eigenvalue weighted by atomic mass is 16.6. The molecule has 0 aromatic heterocycles. The van der Waals surface area contributed by atoms with Crippen LogP contribution in [0.15, 0.2) is 49.1 Å². The Morgan fingerprint density at radius 3 is 0.659 bits per heavy atom. The average Bonchev–Trinajstić information content (AvgIpc) is 2.98. The smallest absolute Gasteiger partial charge is 0.329 e. The van der Waals surface area contributed by atoms with Crippen molar-refractivity contribution in [3.8, 4) is 0 Å². The minimum absolute atomic E-state index is 0.377. The van der Waals surface area contributed by atoms with Crippen LogP contribution in [0.4, 0.5) is 0 Å². The van der Waals surface area contributed by atoms with Crippen LogP contribution in [0.1, 0.15) is 55.4 Å². The van der Waals surface area contributed by atoms with E-state index in [1.54, 1.807) is 103 Å². The van der Waals surface area contributed by atoms with E-state index in [-0.39, 0.29) is 0 Å². The van der Waals surface area contributed by atoms with Gasteiger partial charge in [-0.05, 0) is 55.4 Å². The van der Waals surface area contributed by atoms with Crippen molar-refractivity contribution in [2.75, 3.05) is 28.2 Å². The van der Waals surface area contributed by atoms with Gasteiger partial charge in [0, 0.05) is 51.0 Å². The van der Waals surface area contributed by atoms with Crippen molar-refractivity contribution in [2.24, 2.45) is 0 Å². The van der Waals surface area contributed by atoms with Crippen LogP contribution in [0, 0.1) is 0 Å². The van der Waals surface area contributed by atoms with Crippen LogP contribution in [-0.4, -0.2) is 120 Å². The molecule has 1 aliphatic heterocycles. The lowest BCUT2D eigenvalue weighted by Crippen LogP contribution is -2.46. The van der Waals surface area contributed by atoms with E-state index >= 15 is 0 Å². The van der Waals surface area contributed by atoms with Gasteiger partial charge in [0.05, 0.1) is 0 Å². The Balaban J connectivity index is 3.37. The van der Waals surface area contributed by atoms with Gasteiger partial charge in [0.1, 0.15) is 48.6 Å². The molecule has 0 aliphatic carbocycles. The lowest BCUT2D eigenvalue weighted by Gasteiger charge is -2.35. The van der Waals surface area contributed by atoms with Crippen molar-refractivity contribution >= 4 is 23.9 Å². The van der Waals surface area contributed by atoms with Gasteiger partial charge in [-0.2, -0.15) is 0 Å². The molecular weight excluding hydrogens is 568 g/mol. The molecule has 0 amide bonds. The topological polar surface area (TPSA) is 118 Å². The van der Waals surface area contributed by atoms with E-state index < -0.39 is 72.5 Å². The van der Waals surface area contributed by atoms with Crippen LogP contribution >= 0.6 is 0 Å². The minimum atomic E-state index is -0.779. The maximum atomic E-state index is 13.0. The molecule has 44 heavy (non-hydrogen) atoms. The zero-order chi connectivity index (χ0) is 34.4.